The molecule has 0 saturated carbocycles. The molecule has 0 radical (unpaired) electrons. The van der Waals surface area contributed by atoms with Crippen LogP contribution >= 0.6 is 0 Å². The fourth-order valence-electron chi connectivity index (χ4n) is 3.09. The van der Waals surface area contributed by atoms with Crippen molar-refractivity contribution >= 4 is 11.6 Å². The molecule has 1 aliphatic rings. The lowest BCUT2D eigenvalue weighted by Crippen LogP contribution is -3.11. The third-order valence-electron chi connectivity index (χ3n) is 4.31. The molecule has 0 spiro atoms. The number of benzene rings is 2. The molecule has 4 heteroatoms. The number of quaternary nitrogens is 1. The van der Waals surface area contributed by atoms with Gasteiger partial charge in [0.25, 0.3) is 0 Å². The monoisotopic (exact) mass is 330 g/mol. The minimum absolute atomic E-state index is 0. The lowest BCUT2D eigenvalue weighted by atomic mass is 10.00. The second-order valence-corrected chi connectivity index (χ2v) is 6.11. The van der Waals surface area contributed by atoms with Gasteiger partial charge in [-0.1, -0.05) is 36.4 Å². The second-order valence-electron chi connectivity index (χ2n) is 6.11. The maximum Gasteiger partial charge on any atom is 0.230 e. The first kappa shape index (κ1) is 17.5. The zero-order chi connectivity index (χ0) is 15.4. The predicted octanol–water partition coefficient (Wildman–Crippen LogP) is -1.03. The fraction of sp³-hybridized carbons (Fsp3) is 0.316. The number of anilines is 1. The van der Waals surface area contributed by atoms with Crippen molar-refractivity contribution in [1.29, 1.82) is 0 Å². The van der Waals surface area contributed by atoms with Crippen LogP contribution in [0.15, 0.2) is 48.5 Å². The molecule has 3 rings (SSSR count). The maximum absolute atomic E-state index is 12.1. The summed E-state index contributed by atoms with van der Waals surface area (Å²) in [6.07, 6.45) is 1.69. The van der Waals surface area contributed by atoms with Crippen LogP contribution in [0.5, 0.6) is 0 Å². The van der Waals surface area contributed by atoms with Gasteiger partial charge in [-0.3, -0.25) is 4.79 Å². The Bertz CT molecular complexity index is 672. The van der Waals surface area contributed by atoms with Crippen molar-refractivity contribution in [1.82, 2.24) is 0 Å². The number of aryl methyl sites for hydroxylation is 1. The molecule has 1 atom stereocenters. The molecule has 2 aromatic rings. The lowest BCUT2D eigenvalue weighted by Gasteiger charge is -2.25. The summed E-state index contributed by atoms with van der Waals surface area (Å²) in [5.41, 5.74) is 4.96. The summed E-state index contributed by atoms with van der Waals surface area (Å²) < 4.78 is 0. The summed E-state index contributed by atoms with van der Waals surface area (Å²) in [7, 11) is 0. The minimum Gasteiger partial charge on any atom is -1.00 e. The SMILES string of the molecule is Cc1cccc(NC(=O)CC[NH+]2CCc3ccccc3C2)c1.[Cl-]. The second kappa shape index (κ2) is 8.14. The van der Waals surface area contributed by atoms with Gasteiger partial charge in [-0.15, -0.1) is 0 Å². The van der Waals surface area contributed by atoms with E-state index in [2.05, 4.69) is 29.6 Å². The first-order valence-electron chi connectivity index (χ1n) is 7.97. The summed E-state index contributed by atoms with van der Waals surface area (Å²) in [5, 5.41) is 2.99. The highest BCUT2D eigenvalue weighted by Crippen LogP contribution is 2.11. The van der Waals surface area contributed by atoms with Crippen LogP contribution in [0.3, 0.4) is 0 Å². The fourth-order valence-corrected chi connectivity index (χ4v) is 3.09. The Hall–Kier alpha value is -1.84. The van der Waals surface area contributed by atoms with E-state index < -0.39 is 0 Å². The number of halogens is 1. The highest BCUT2D eigenvalue weighted by atomic mass is 35.5. The van der Waals surface area contributed by atoms with E-state index in [0.717, 1.165) is 37.3 Å². The summed E-state index contributed by atoms with van der Waals surface area (Å²) >= 11 is 0. The van der Waals surface area contributed by atoms with E-state index in [0.29, 0.717) is 6.42 Å². The van der Waals surface area contributed by atoms with E-state index in [-0.39, 0.29) is 18.3 Å². The van der Waals surface area contributed by atoms with Gasteiger partial charge >= 0.3 is 0 Å². The van der Waals surface area contributed by atoms with Gasteiger partial charge in [-0.05, 0) is 30.2 Å². The molecule has 0 saturated heterocycles. The predicted molar refractivity (Wildman–Crippen MR) is 89.0 cm³/mol. The molecule has 122 valence electrons. The molecular weight excluding hydrogens is 308 g/mol. The van der Waals surface area contributed by atoms with Crippen molar-refractivity contribution in [3.63, 3.8) is 0 Å². The quantitative estimate of drug-likeness (QED) is 0.738. The van der Waals surface area contributed by atoms with Crippen LogP contribution in [-0.4, -0.2) is 19.0 Å². The standard InChI is InChI=1S/C19H22N2O.ClH/c1-15-5-4-8-18(13-15)20-19(22)10-12-21-11-9-16-6-2-3-7-17(16)14-21;/h2-8,13H,9-12,14H2,1H3,(H,20,22);1H. The number of hydrogen-bond acceptors (Lipinski definition) is 1. The zero-order valence-electron chi connectivity index (χ0n) is 13.4. The van der Waals surface area contributed by atoms with Crippen molar-refractivity contribution in [3.05, 3.63) is 65.2 Å². The average molecular weight is 331 g/mol. The number of rotatable bonds is 4. The van der Waals surface area contributed by atoms with E-state index >= 15 is 0 Å². The maximum atomic E-state index is 12.1. The molecule has 0 bridgehead atoms. The highest BCUT2D eigenvalue weighted by Gasteiger charge is 2.19. The van der Waals surface area contributed by atoms with Gasteiger partial charge in [0.05, 0.1) is 19.5 Å². The van der Waals surface area contributed by atoms with Crippen molar-refractivity contribution in [2.75, 3.05) is 18.4 Å². The topological polar surface area (TPSA) is 33.5 Å². The molecule has 2 N–H and O–H groups in total. The number of carbonyl (C=O) groups excluding carboxylic acids is 1. The molecule has 3 nitrogen and oxygen atoms in total. The van der Waals surface area contributed by atoms with Gasteiger partial charge in [-0.25, -0.2) is 0 Å². The van der Waals surface area contributed by atoms with Crippen LogP contribution in [0.2, 0.25) is 0 Å². The number of fused-ring (bicyclic) bond motifs is 1. The zero-order valence-corrected chi connectivity index (χ0v) is 14.2. The van der Waals surface area contributed by atoms with Crippen molar-refractivity contribution in [2.45, 2.75) is 26.3 Å². The van der Waals surface area contributed by atoms with E-state index in [1.807, 2.05) is 31.2 Å². The molecule has 0 aromatic heterocycles. The molecular formula is C19H23ClN2O. The smallest absolute Gasteiger partial charge is 0.230 e. The Morgan fingerprint density at radius 2 is 1.91 bits per heavy atom. The lowest BCUT2D eigenvalue weighted by molar-refractivity contribution is -0.915. The largest absolute Gasteiger partial charge is 1.00 e. The Balaban J connectivity index is 0.00000192. The van der Waals surface area contributed by atoms with Crippen LogP contribution in [0, 0.1) is 6.92 Å². The molecule has 1 aliphatic heterocycles. The molecule has 2 aromatic carbocycles. The first-order valence-corrected chi connectivity index (χ1v) is 7.97. The Labute approximate surface area is 144 Å². The molecule has 23 heavy (non-hydrogen) atoms. The molecule has 1 amide bonds. The molecule has 0 fully saturated rings. The van der Waals surface area contributed by atoms with Crippen LogP contribution in [0.25, 0.3) is 0 Å². The Morgan fingerprint density at radius 3 is 2.70 bits per heavy atom. The van der Waals surface area contributed by atoms with Gasteiger partial charge in [0, 0.05) is 17.7 Å². The van der Waals surface area contributed by atoms with E-state index in [4.69, 9.17) is 0 Å². The van der Waals surface area contributed by atoms with Gasteiger partial charge in [0.1, 0.15) is 6.54 Å². The van der Waals surface area contributed by atoms with Gasteiger partial charge in [0.15, 0.2) is 0 Å². The minimum atomic E-state index is 0. The van der Waals surface area contributed by atoms with Crippen LogP contribution in [0.4, 0.5) is 5.69 Å². The highest BCUT2D eigenvalue weighted by molar-refractivity contribution is 5.90. The Kier molecular flexibility index (Phi) is 6.20. The van der Waals surface area contributed by atoms with Crippen LogP contribution in [0.1, 0.15) is 23.1 Å². The van der Waals surface area contributed by atoms with E-state index in [1.54, 1.807) is 0 Å². The van der Waals surface area contributed by atoms with Crippen LogP contribution < -0.4 is 22.6 Å². The van der Waals surface area contributed by atoms with E-state index in [1.165, 1.54) is 16.0 Å². The van der Waals surface area contributed by atoms with Crippen molar-refractivity contribution in [3.8, 4) is 0 Å². The number of hydrogen-bond donors (Lipinski definition) is 2. The van der Waals surface area contributed by atoms with Crippen LogP contribution in [-0.2, 0) is 17.8 Å². The third-order valence-corrected chi connectivity index (χ3v) is 4.31. The number of nitrogens with one attached hydrogen (secondary N) is 2. The average Bonchev–Trinajstić information content (AvgIpc) is 2.53. The number of amides is 1. The van der Waals surface area contributed by atoms with Crippen molar-refractivity contribution in [2.24, 2.45) is 0 Å². The molecule has 0 aliphatic carbocycles. The first-order chi connectivity index (χ1) is 10.7. The van der Waals surface area contributed by atoms with Crippen molar-refractivity contribution < 1.29 is 22.1 Å². The summed E-state index contributed by atoms with van der Waals surface area (Å²) in [6.45, 7) is 5.08. The normalized spacial score (nSPS) is 16.1. The molecule has 1 unspecified atom stereocenters. The summed E-state index contributed by atoms with van der Waals surface area (Å²) in [4.78, 5) is 13.6. The Morgan fingerprint density at radius 1 is 1.13 bits per heavy atom. The summed E-state index contributed by atoms with van der Waals surface area (Å²) in [5.74, 6) is 0.108. The summed E-state index contributed by atoms with van der Waals surface area (Å²) in [6, 6.07) is 16.6. The van der Waals surface area contributed by atoms with Gasteiger partial charge < -0.3 is 22.6 Å². The number of carbonyl (C=O) groups is 1. The third kappa shape index (κ3) is 4.81. The molecule has 1 heterocycles. The van der Waals surface area contributed by atoms with Gasteiger partial charge in [0.2, 0.25) is 5.91 Å². The van der Waals surface area contributed by atoms with E-state index in [9.17, 15) is 4.79 Å². The van der Waals surface area contributed by atoms with Gasteiger partial charge in [-0.2, -0.15) is 0 Å².